The van der Waals surface area contributed by atoms with E-state index in [4.69, 9.17) is 17.2 Å². The third-order valence-corrected chi connectivity index (χ3v) is 7.88. The van der Waals surface area contributed by atoms with Gasteiger partial charge >= 0.3 is 5.97 Å². The number of nitrogens with two attached hydrogens (primary N) is 3. The lowest BCUT2D eigenvalue weighted by atomic mass is 10.0. The average Bonchev–Trinajstić information content (AvgIpc) is 3.47. The predicted molar refractivity (Wildman–Crippen MR) is 175 cm³/mol. The molecular formula is C31H56N8O9. The lowest BCUT2D eigenvalue weighted by Crippen LogP contribution is -2.61. The van der Waals surface area contributed by atoms with Crippen molar-refractivity contribution in [1.29, 1.82) is 0 Å². The van der Waals surface area contributed by atoms with Crippen LogP contribution in [0.2, 0.25) is 0 Å². The fourth-order valence-electron chi connectivity index (χ4n) is 5.45. The lowest BCUT2D eigenvalue weighted by molar-refractivity contribution is -0.143. The predicted octanol–water partition coefficient (Wildman–Crippen LogP) is -2.19. The molecule has 0 saturated carbocycles. The second-order valence-electron chi connectivity index (χ2n) is 13.3. The standard InChI is InChI=1S/C31H56N8O9/c1-16(2)13-19(33)30(46)39-12-8-10-23(39)28(44)37-21(14-17(3)4)26(42)36-22(15-24(34)41)27(43)38-25(18(5)40)29(45)35-20(31(47)48)9-6-7-11-32/h16-23,25,40H,6-15,32-33H2,1-5H3,(H2,34,41)(H,35,45)(H,36,42)(H,37,44)(H,38,43)(H,47,48)/t18?,19-,20-,21-,22-,23-,25-/m0/s1. The van der Waals surface area contributed by atoms with Crippen LogP contribution in [-0.4, -0.2) is 112 Å². The largest absolute Gasteiger partial charge is 0.480 e. The number of rotatable bonds is 21. The van der Waals surface area contributed by atoms with Crippen molar-refractivity contribution in [3.8, 4) is 0 Å². The zero-order chi connectivity index (χ0) is 36.7. The van der Waals surface area contributed by atoms with Gasteiger partial charge in [-0.05, 0) is 70.3 Å². The van der Waals surface area contributed by atoms with Crippen molar-refractivity contribution in [3.63, 3.8) is 0 Å². The van der Waals surface area contributed by atoms with Crippen LogP contribution in [0.1, 0.15) is 86.0 Å². The third kappa shape index (κ3) is 14.1. The van der Waals surface area contributed by atoms with E-state index in [0.29, 0.717) is 45.2 Å². The first-order valence-corrected chi connectivity index (χ1v) is 16.6. The number of primary amides is 1. The fourth-order valence-corrected chi connectivity index (χ4v) is 5.45. The van der Waals surface area contributed by atoms with Crippen molar-refractivity contribution in [1.82, 2.24) is 26.2 Å². The Kier molecular flexibility index (Phi) is 18.0. The zero-order valence-electron chi connectivity index (χ0n) is 28.7. The topological polar surface area (TPSA) is 289 Å². The Morgan fingerprint density at radius 3 is 1.92 bits per heavy atom. The van der Waals surface area contributed by atoms with Crippen LogP contribution in [0.4, 0.5) is 0 Å². The highest BCUT2D eigenvalue weighted by atomic mass is 16.4. The number of carbonyl (C=O) groups is 7. The average molecular weight is 685 g/mol. The first kappa shape index (κ1) is 42.2. The van der Waals surface area contributed by atoms with E-state index in [1.54, 1.807) is 0 Å². The summed E-state index contributed by atoms with van der Waals surface area (Å²) >= 11 is 0. The Labute approximate surface area is 281 Å². The highest BCUT2D eigenvalue weighted by Gasteiger charge is 2.39. The molecule has 1 saturated heterocycles. The maximum absolute atomic E-state index is 13.5. The Bertz CT molecular complexity index is 1130. The summed E-state index contributed by atoms with van der Waals surface area (Å²) in [6.45, 7) is 9.34. The minimum atomic E-state index is -1.65. The number of nitrogens with one attached hydrogen (secondary N) is 4. The summed E-state index contributed by atoms with van der Waals surface area (Å²) in [5.41, 5.74) is 16.9. The minimum absolute atomic E-state index is 0.0552. The summed E-state index contributed by atoms with van der Waals surface area (Å²) in [5.74, 6) is -6.04. The van der Waals surface area contributed by atoms with Crippen molar-refractivity contribution < 1.29 is 43.8 Å². The molecule has 0 aromatic rings. The van der Waals surface area contributed by atoms with Gasteiger partial charge in [0, 0.05) is 6.54 Å². The van der Waals surface area contributed by atoms with Crippen LogP contribution in [-0.2, 0) is 33.6 Å². The molecule has 1 heterocycles. The van der Waals surface area contributed by atoms with Gasteiger partial charge in [-0.3, -0.25) is 28.8 Å². The van der Waals surface area contributed by atoms with Crippen LogP contribution in [0.5, 0.6) is 0 Å². The van der Waals surface area contributed by atoms with Gasteiger partial charge in [0.1, 0.15) is 30.2 Å². The van der Waals surface area contributed by atoms with Gasteiger partial charge in [0.25, 0.3) is 0 Å². The Morgan fingerprint density at radius 1 is 0.812 bits per heavy atom. The van der Waals surface area contributed by atoms with Gasteiger partial charge in [0.2, 0.25) is 35.4 Å². The molecule has 1 aliphatic heterocycles. The van der Waals surface area contributed by atoms with Crippen molar-refractivity contribution in [2.24, 2.45) is 29.0 Å². The molecule has 1 aliphatic rings. The molecule has 17 nitrogen and oxygen atoms in total. The first-order valence-electron chi connectivity index (χ1n) is 16.6. The van der Waals surface area contributed by atoms with Crippen LogP contribution in [0.15, 0.2) is 0 Å². The monoisotopic (exact) mass is 684 g/mol. The van der Waals surface area contributed by atoms with Crippen LogP contribution in [0, 0.1) is 11.8 Å². The number of carbonyl (C=O) groups excluding carboxylic acids is 6. The molecule has 6 amide bonds. The molecule has 7 atom stereocenters. The Balaban J connectivity index is 3.13. The van der Waals surface area contributed by atoms with E-state index >= 15 is 0 Å². The SMILES string of the molecule is CC(C)C[C@H](NC(=O)[C@@H]1CCCN1C(=O)[C@@H](N)CC(C)C)C(=O)N[C@@H](CC(N)=O)C(=O)N[C@H](C(=O)N[C@@H](CCCCN)C(=O)O)C(C)O. The molecule has 0 aromatic carbocycles. The molecule has 0 aliphatic carbocycles. The van der Waals surface area contributed by atoms with Gasteiger partial charge < -0.3 is 53.6 Å². The summed E-state index contributed by atoms with van der Waals surface area (Å²) in [5, 5.41) is 29.4. The summed E-state index contributed by atoms with van der Waals surface area (Å²) in [4.78, 5) is 91.2. The maximum atomic E-state index is 13.5. The summed E-state index contributed by atoms with van der Waals surface area (Å²) in [6.07, 6.45) is 0.298. The fraction of sp³-hybridized carbons (Fsp3) is 0.774. The van der Waals surface area contributed by atoms with E-state index in [0.717, 1.165) is 0 Å². The number of carboxylic acid groups (broad SMARTS) is 1. The molecule has 17 heteroatoms. The number of nitrogens with zero attached hydrogens (tertiary/aromatic N) is 1. The smallest absolute Gasteiger partial charge is 0.326 e. The van der Waals surface area contributed by atoms with Crippen LogP contribution < -0.4 is 38.5 Å². The molecule has 0 spiro atoms. The lowest BCUT2D eigenvalue weighted by Gasteiger charge is -2.30. The van der Waals surface area contributed by atoms with E-state index in [1.165, 1.54) is 11.8 Å². The zero-order valence-corrected chi connectivity index (χ0v) is 28.7. The Hall–Kier alpha value is -3.83. The molecule has 12 N–H and O–H groups in total. The molecule has 274 valence electrons. The number of unbranched alkanes of at least 4 members (excludes halogenated alkanes) is 1. The van der Waals surface area contributed by atoms with E-state index in [1.807, 2.05) is 27.7 Å². The van der Waals surface area contributed by atoms with Crippen LogP contribution in [0.25, 0.3) is 0 Å². The number of carboxylic acids is 1. The number of aliphatic hydroxyl groups is 1. The third-order valence-electron chi connectivity index (χ3n) is 7.88. The molecule has 0 radical (unpaired) electrons. The van der Waals surface area contributed by atoms with Gasteiger partial charge in [-0.1, -0.05) is 27.7 Å². The second kappa shape index (κ2) is 20.5. The van der Waals surface area contributed by atoms with Gasteiger partial charge in [-0.15, -0.1) is 0 Å². The Morgan fingerprint density at radius 2 is 1.40 bits per heavy atom. The molecule has 48 heavy (non-hydrogen) atoms. The van der Waals surface area contributed by atoms with Gasteiger partial charge in [0.15, 0.2) is 0 Å². The van der Waals surface area contributed by atoms with Gasteiger partial charge in [0.05, 0.1) is 18.6 Å². The molecule has 0 bridgehead atoms. The molecule has 1 fully saturated rings. The van der Waals surface area contributed by atoms with Gasteiger partial charge in [-0.25, -0.2) is 4.79 Å². The van der Waals surface area contributed by atoms with Crippen molar-refractivity contribution in [2.75, 3.05) is 13.1 Å². The number of amides is 6. The normalized spacial score (nSPS) is 18.3. The molecule has 1 unspecified atom stereocenters. The van der Waals surface area contributed by atoms with E-state index in [-0.39, 0.29) is 30.6 Å². The highest BCUT2D eigenvalue weighted by molar-refractivity contribution is 5.98. The summed E-state index contributed by atoms with van der Waals surface area (Å²) < 4.78 is 0. The second-order valence-corrected chi connectivity index (χ2v) is 13.3. The maximum Gasteiger partial charge on any atom is 0.326 e. The van der Waals surface area contributed by atoms with Gasteiger partial charge in [-0.2, -0.15) is 0 Å². The van der Waals surface area contributed by atoms with Crippen LogP contribution >= 0.6 is 0 Å². The minimum Gasteiger partial charge on any atom is -0.480 e. The molecule has 1 rings (SSSR count). The van der Waals surface area contributed by atoms with Crippen molar-refractivity contribution in [3.05, 3.63) is 0 Å². The highest BCUT2D eigenvalue weighted by Crippen LogP contribution is 2.20. The molecular weight excluding hydrogens is 628 g/mol. The van der Waals surface area contributed by atoms with E-state index in [2.05, 4.69) is 21.3 Å². The number of hydrogen-bond donors (Lipinski definition) is 9. The van der Waals surface area contributed by atoms with E-state index in [9.17, 15) is 43.8 Å². The van der Waals surface area contributed by atoms with Crippen LogP contribution in [0.3, 0.4) is 0 Å². The number of aliphatic carboxylic acids is 1. The summed E-state index contributed by atoms with van der Waals surface area (Å²) in [7, 11) is 0. The number of aliphatic hydroxyl groups excluding tert-OH is 1. The summed E-state index contributed by atoms with van der Waals surface area (Å²) in [6, 6.07) is -7.39. The van der Waals surface area contributed by atoms with Crippen molar-refractivity contribution in [2.45, 2.75) is 128 Å². The number of likely N-dealkylation sites (tertiary alicyclic amines) is 1. The quantitative estimate of drug-likeness (QED) is 0.0585. The molecule has 0 aromatic heterocycles. The first-order chi connectivity index (χ1) is 22.4. The van der Waals surface area contributed by atoms with Crippen molar-refractivity contribution >= 4 is 41.4 Å². The number of hydrogen-bond acceptors (Lipinski definition) is 10. The van der Waals surface area contributed by atoms with E-state index < -0.39 is 84.3 Å².